The van der Waals surface area contributed by atoms with Crippen LogP contribution in [-0.2, 0) is 4.79 Å². The summed E-state index contributed by atoms with van der Waals surface area (Å²) in [6, 6.07) is 18.8. The summed E-state index contributed by atoms with van der Waals surface area (Å²) in [4.78, 5) is 27.3. The highest BCUT2D eigenvalue weighted by atomic mass is 16.5. The summed E-state index contributed by atoms with van der Waals surface area (Å²) in [7, 11) is 1.74. The van der Waals surface area contributed by atoms with Crippen molar-refractivity contribution in [2.45, 2.75) is 19.3 Å². The third-order valence-electron chi connectivity index (χ3n) is 3.82. The van der Waals surface area contributed by atoms with Crippen LogP contribution in [0, 0.1) is 0 Å². The SMILES string of the molecule is CN(CCCCC(=O)NO)C(=O)N(c1ccccc1)c1ccccc1. The molecule has 0 aromatic heterocycles. The zero-order valence-electron chi connectivity index (χ0n) is 14.3. The molecule has 0 heterocycles. The lowest BCUT2D eigenvalue weighted by molar-refractivity contribution is -0.129. The maximum atomic E-state index is 13.0. The van der Waals surface area contributed by atoms with Gasteiger partial charge in [-0.05, 0) is 37.1 Å². The van der Waals surface area contributed by atoms with Gasteiger partial charge >= 0.3 is 6.03 Å². The van der Waals surface area contributed by atoms with Gasteiger partial charge in [0.1, 0.15) is 0 Å². The fourth-order valence-electron chi connectivity index (χ4n) is 2.48. The number of urea groups is 1. The number of amides is 3. The Morgan fingerprint density at radius 2 is 1.44 bits per heavy atom. The molecule has 2 aromatic rings. The van der Waals surface area contributed by atoms with E-state index < -0.39 is 5.91 Å². The maximum Gasteiger partial charge on any atom is 0.328 e. The first kappa shape index (κ1) is 18.5. The fourth-order valence-corrected chi connectivity index (χ4v) is 2.48. The standard InChI is InChI=1S/C19H23N3O3/c1-21(15-9-8-14-18(23)20-25)19(24)22(16-10-4-2-5-11-16)17-12-6-3-7-13-17/h2-7,10-13,25H,8-9,14-15H2,1H3,(H,20,23). The minimum atomic E-state index is -0.413. The van der Waals surface area contributed by atoms with Gasteiger partial charge in [0, 0.05) is 20.0 Å². The Kier molecular flexibility index (Phi) is 6.98. The Labute approximate surface area is 147 Å². The average Bonchev–Trinajstić information content (AvgIpc) is 2.66. The number of carbonyl (C=O) groups excluding carboxylic acids is 2. The molecule has 0 atom stereocenters. The number of hydrogen-bond donors (Lipinski definition) is 2. The molecule has 0 saturated carbocycles. The summed E-state index contributed by atoms with van der Waals surface area (Å²) in [6.45, 7) is 0.522. The van der Waals surface area contributed by atoms with Crippen molar-refractivity contribution in [3.63, 3.8) is 0 Å². The molecule has 0 bridgehead atoms. The van der Waals surface area contributed by atoms with E-state index in [4.69, 9.17) is 5.21 Å². The predicted molar refractivity (Wildman–Crippen MR) is 96.8 cm³/mol. The summed E-state index contributed by atoms with van der Waals surface area (Å²) in [6.07, 6.45) is 1.51. The van der Waals surface area contributed by atoms with E-state index in [1.165, 1.54) is 0 Å². The number of hydroxylamine groups is 1. The van der Waals surface area contributed by atoms with Crippen molar-refractivity contribution in [3.05, 3.63) is 60.7 Å². The number of benzene rings is 2. The molecule has 132 valence electrons. The van der Waals surface area contributed by atoms with E-state index in [1.54, 1.807) is 22.3 Å². The van der Waals surface area contributed by atoms with Gasteiger partial charge in [0.2, 0.25) is 5.91 Å². The largest absolute Gasteiger partial charge is 0.328 e. The molecule has 25 heavy (non-hydrogen) atoms. The zero-order chi connectivity index (χ0) is 18.1. The van der Waals surface area contributed by atoms with Crippen LogP contribution in [0.4, 0.5) is 16.2 Å². The van der Waals surface area contributed by atoms with Gasteiger partial charge in [-0.3, -0.25) is 14.9 Å². The normalized spacial score (nSPS) is 10.2. The van der Waals surface area contributed by atoms with Gasteiger partial charge in [-0.2, -0.15) is 0 Å². The Morgan fingerprint density at radius 3 is 1.92 bits per heavy atom. The van der Waals surface area contributed by atoms with Crippen LogP contribution in [0.5, 0.6) is 0 Å². The van der Waals surface area contributed by atoms with Gasteiger partial charge in [-0.25, -0.2) is 10.3 Å². The number of nitrogens with one attached hydrogen (secondary N) is 1. The molecule has 0 aliphatic rings. The van der Waals surface area contributed by atoms with Crippen molar-refractivity contribution in [2.24, 2.45) is 0 Å². The Balaban J connectivity index is 2.07. The summed E-state index contributed by atoms with van der Waals surface area (Å²) in [5.41, 5.74) is 3.20. The molecule has 2 N–H and O–H groups in total. The maximum absolute atomic E-state index is 13.0. The molecule has 6 heteroatoms. The number of para-hydroxylation sites is 2. The van der Waals surface area contributed by atoms with Crippen LogP contribution in [0.15, 0.2) is 60.7 Å². The molecule has 0 fully saturated rings. The lowest BCUT2D eigenvalue weighted by atomic mass is 10.2. The highest BCUT2D eigenvalue weighted by Gasteiger charge is 2.21. The van der Waals surface area contributed by atoms with Gasteiger partial charge in [0.05, 0.1) is 11.4 Å². The van der Waals surface area contributed by atoms with E-state index in [0.717, 1.165) is 11.4 Å². The van der Waals surface area contributed by atoms with Crippen LogP contribution >= 0.6 is 0 Å². The number of rotatable bonds is 7. The summed E-state index contributed by atoms with van der Waals surface area (Å²) in [5.74, 6) is -0.413. The quantitative estimate of drug-likeness (QED) is 0.459. The van der Waals surface area contributed by atoms with E-state index in [9.17, 15) is 9.59 Å². The van der Waals surface area contributed by atoms with Crippen molar-refractivity contribution in [1.82, 2.24) is 10.4 Å². The number of unbranched alkanes of at least 4 members (excludes halogenated alkanes) is 1. The van der Waals surface area contributed by atoms with E-state index >= 15 is 0 Å². The summed E-state index contributed by atoms with van der Waals surface area (Å²) < 4.78 is 0. The van der Waals surface area contributed by atoms with Gasteiger partial charge < -0.3 is 4.90 Å². The van der Waals surface area contributed by atoms with Crippen LogP contribution in [0.25, 0.3) is 0 Å². The number of carbonyl (C=O) groups is 2. The molecule has 0 radical (unpaired) electrons. The first-order chi connectivity index (χ1) is 12.1. The van der Waals surface area contributed by atoms with Gasteiger partial charge in [0.15, 0.2) is 0 Å². The minimum absolute atomic E-state index is 0.135. The van der Waals surface area contributed by atoms with E-state index in [-0.39, 0.29) is 12.5 Å². The third-order valence-corrected chi connectivity index (χ3v) is 3.82. The van der Waals surface area contributed by atoms with E-state index in [1.807, 2.05) is 60.7 Å². The first-order valence-electron chi connectivity index (χ1n) is 8.21. The topological polar surface area (TPSA) is 72.9 Å². The van der Waals surface area contributed by atoms with Crippen LogP contribution < -0.4 is 10.4 Å². The summed E-state index contributed by atoms with van der Waals surface area (Å²) in [5, 5.41) is 8.49. The Bertz CT molecular complexity index is 637. The predicted octanol–water partition coefficient (Wildman–Crippen LogP) is 3.55. The highest BCUT2D eigenvalue weighted by Crippen LogP contribution is 2.26. The molecule has 6 nitrogen and oxygen atoms in total. The second kappa shape index (κ2) is 9.44. The molecule has 3 amide bonds. The smallest absolute Gasteiger partial charge is 0.327 e. The molecule has 0 saturated heterocycles. The van der Waals surface area contributed by atoms with Crippen LogP contribution in [-0.4, -0.2) is 35.6 Å². The monoisotopic (exact) mass is 341 g/mol. The number of nitrogens with zero attached hydrogens (tertiary/aromatic N) is 2. The lowest BCUT2D eigenvalue weighted by Crippen LogP contribution is -2.39. The minimum Gasteiger partial charge on any atom is -0.327 e. The van der Waals surface area contributed by atoms with Crippen molar-refractivity contribution < 1.29 is 14.8 Å². The van der Waals surface area contributed by atoms with E-state index in [0.29, 0.717) is 19.4 Å². The van der Waals surface area contributed by atoms with Crippen LogP contribution in [0.2, 0.25) is 0 Å². The molecule has 0 aliphatic heterocycles. The molecular weight excluding hydrogens is 318 g/mol. The van der Waals surface area contributed by atoms with Gasteiger partial charge in [-0.1, -0.05) is 36.4 Å². The fraction of sp³-hybridized carbons (Fsp3) is 0.263. The first-order valence-corrected chi connectivity index (χ1v) is 8.21. The lowest BCUT2D eigenvalue weighted by Gasteiger charge is -2.28. The van der Waals surface area contributed by atoms with Crippen molar-refractivity contribution >= 4 is 23.3 Å². The number of hydrogen-bond acceptors (Lipinski definition) is 3. The molecule has 0 spiro atoms. The molecule has 2 rings (SSSR count). The Morgan fingerprint density at radius 1 is 0.920 bits per heavy atom. The zero-order valence-corrected chi connectivity index (χ0v) is 14.3. The van der Waals surface area contributed by atoms with Crippen LogP contribution in [0.1, 0.15) is 19.3 Å². The second-order valence-electron chi connectivity index (χ2n) is 5.70. The van der Waals surface area contributed by atoms with Gasteiger partial charge in [-0.15, -0.1) is 0 Å². The van der Waals surface area contributed by atoms with Crippen LogP contribution in [0.3, 0.4) is 0 Å². The van der Waals surface area contributed by atoms with E-state index in [2.05, 4.69) is 0 Å². The molecule has 0 aliphatic carbocycles. The summed E-state index contributed by atoms with van der Waals surface area (Å²) >= 11 is 0. The highest BCUT2D eigenvalue weighted by molar-refractivity contribution is 5.99. The average molecular weight is 341 g/mol. The van der Waals surface area contributed by atoms with Gasteiger partial charge in [0.25, 0.3) is 0 Å². The molecule has 2 aromatic carbocycles. The van der Waals surface area contributed by atoms with Crippen molar-refractivity contribution in [1.29, 1.82) is 0 Å². The van der Waals surface area contributed by atoms with Crippen molar-refractivity contribution in [2.75, 3.05) is 18.5 Å². The molecular formula is C19H23N3O3. The molecule has 0 unspecified atom stereocenters. The second-order valence-corrected chi connectivity index (χ2v) is 5.70. The Hall–Kier alpha value is -2.86. The third kappa shape index (κ3) is 5.32. The van der Waals surface area contributed by atoms with Crippen molar-refractivity contribution in [3.8, 4) is 0 Å². The number of anilines is 2.